The van der Waals surface area contributed by atoms with Crippen LogP contribution in [0.3, 0.4) is 0 Å². The SMILES string of the molecule is COC(=O)CC(C)CCC1(C)C(C)CCC2(CO)C(C)=CCCC21. The van der Waals surface area contributed by atoms with Crippen molar-refractivity contribution < 1.29 is 14.6 Å². The van der Waals surface area contributed by atoms with Crippen LogP contribution in [-0.2, 0) is 9.53 Å². The van der Waals surface area contributed by atoms with E-state index in [2.05, 4.69) is 33.8 Å². The number of hydrogen-bond donors (Lipinski definition) is 1. The van der Waals surface area contributed by atoms with Gasteiger partial charge in [0.25, 0.3) is 0 Å². The van der Waals surface area contributed by atoms with Gasteiger partial charge in [-0.05, 0) is 68.6 Å². The van der Waals surface area contributed by atoms with E-state index in [-0.39, 0.29) is 23.4 Å². The van der Waals surface area contributed by atoms with Crippen LogP contribution >= 0.6 is 0 Å². The van der Waals surface area contributed by atoms with Gasteiger partial charge in [-0.15, -0.1) is 0 Å². The Balaban J connectivity index is 2.16. The van der Waals surface area contributed by atoms with Gasteiger partial charge in [-0.3, -0.25) is 4.79 Å². The first-order valence-electron chi connectivity index (χ1n) is 9.65. The van der Waals surface area contributed by atoms with Gasteiger partial charge in [0.15, 0.2) is 0 Å². The molecule has 0 heterocycles. The number of hydrogen-bond acceptors (Lipinski definition) is 3. The zero-order valence-electron chi connectivity index (χ0n) is 16.2. The number of aliphatic hydroxyl groups excluding tert-OH is 1. The molecule has 0 spiro atoms. The van der Waals surface area contributed by atoms with Crippen molar-refractivity contribution in [3.8, 4) is 0 Å². The predicted octanol–water partition coefficient (Wildman–Crippen LogP) is 4.74. The Morgan fingerprint density at radius 3 is 2.79 bits per heavy atom. The first kappa shape index (κ1) is 19.5. The van der Waals surface area contributed by atoms with Crippen LogP contribution in [0.1, 0.15) is 72.6 Å². The summed E-state index contributed by atoms with van der Waals surface area (Å²) >= 11 is 0. The van der Waals surface area contributed by atoms with Crippen molar-refractivity contribution in [3.63, 3.8) is 0 Å². The summed E-state index contributed by atoms with van der Waals surface area (Å²) in [6.07, 6.45) is 9.67. The van der Waals surface area contributed by atoms with Crippen molar-refractivity contribution in [2.75, 3.05) is 13.7 Å². The van der Waals surface area contributed by atoms with E-state index in [1.807, 2.05) is 0 Å². The van der Waals surface area contributed by atoms with E-state index in [0.29, 0.717) is 24.2 Å². The fourth-order valence-corrected chi connectivity index (χ4v) is 5.46. The third-order valence-corrected chi connectivity index (χ3v) is 7.50. The molecule has 1 N–H and O–H groups in total. The maximum Gasteiger partial charge on any atom is 0.305 e. The van der Waals surface area contributed by atoms with Crippen molar-refractivity contribution in [2.45, 2.75) is 72.6 Å². The molecule has 2 rings (SSSR count). The summed E-state index contributed by atoms with van der Waals surface area (Å²) in [5.74, 6) is 1.46. The van der Waals surface area contributed by atoms with E-state index >= 15 is 0 Å². The summed E-state index contributed by atoms with van der Waals surface area (Å²) in [5, 5.41) is 10.3. The van der Waals surface area contributed by atoms with Crippen LogP contribution < -0.4 is 0 Å². The lowest BCUT2D eigenvalue weighted by molar-refractivity contribution is -0.141. The van der Waals surface area contributed by atoms with Gasteiger partial charge < -0.3 is 9.84 Å². The van der Waals surface area contributed by atoms with Crippen LogP contribution in [0.4, 0.5) is 0 Å². The summed E-state index contributed by atoms with van der Waals surface area (Å²) in [7, 11) is 1.46. The number of ether oxygens (including phenoxy) is 1. The highest BCUT2D eigenvalue weighted by molar-refractivity contribution is 5.69. The average molecular weight is 337 g/mol. The van der Waals surface area contributed by atoms with Crippen LogP contribution in [0.2, 0.25) is 0 Å². The largest absolute Gasteiger partial charge is 0.469 e. The van der Waals surface area contributed by atoms with E-state index in [0.717, 1.165) is 25.7 Å². The molecule has 0 radical (unpaired) electrons. The minimum absolute atomic E-state index is 0.00883. The van der Waals surface area contributed by atoms with Gasteiger partial charge in [-0.25, -0.2) is 0 Å². The zero-order valence-corrected chi connectivity index (χ0v) is 16.2. The number of methoxy groups -OCH3 is 1. The molecule has 2 aliphatic rings. The molecular weight excluding hydrogens is 300 g/mol. The molecule has 0 aromatic rings. The molecule has 138 valence electrons. The van der Waals surface area contributed by atoms with Crippen LogP contribution in [0.15, 0.2) is 11.6 Å². The molecule has 0 amide bonds. The Kier molecular flexibility index (Phi) is 6.17. The third kappa shape index (κ3) is 3.42. The second-order valence-electron chi connectivity index (χ2n) is 8.70. The lowest BCUT2D eigenvalue weighted by Crippen LogP contribution is -2.52. The molecule has 2 aliphatic carbocycles. The molecule has 1 fully saturated rings. The van der Waals surface area contributed by atoms with E-state index in [1.165, 1.54) is 25.5 Å². The maximum absolute atomic E-state index is 11.5. The highest BCUT2D eigenvalue weighted by atomic mass is 16.5. The van der Waals surface area contributed by atoms with Gasteiger partial charge in [0, 0.05) is 11.8 Å². The minimum Gasteiger partial charge on any atom is -0.469 e. The Hall–Kier alpha value is -0.830. The van der Waals surface area contributed by atoms with Crippen molar-refractivity contribution in [2.24, 2.45) is 28.6 Å². The molecule has 0 aromatic heterocycles. The molecule has 3 heteroatoms. The predicted molar refractivity (Wildman–Crippen MR) is 97.5 cm³/mol. The molecule has 0 aromatic carbocycles. The second-order valence-corrected chi connectivity index (χ2v) is 8.70. The fourth-order valence-electron chi connectivity index (χ4n) is 5.46. The summed E-state index contributed by atoms with van der Waals surface area (Å²) in [4.78, 5) is 11.5. The average Bonchev–Trinajstić information content (AvgIpc) is 2.57. The lowest BCUT2D eigenvalue weighted by atomic mass is 9.46. The number of esters is 1. The highest BCUT2D eigenvalue weighted by Gasteiger charge is 2.54. The van der Waals surface area contributed by atoms with E-state index in [9.17, 15) is 9.90 Å². The first-order chi connectivity index (χ1) is 11.3. The van der Waals surface area contributed by atoms with Crippen LogP contribution in [-0.4, -0.2) is 24.8 Å². The zero-order chi connectivity index (χ0) is 18.0. The summed E-state index contributed by atoms with van der Waals surface area (Å²) < 4.78 is 4.81. The standard InChI is InChI=1S/C21H36O3/c1-15(13-19(23)24-5)9-11-20(4)16(2)10-12-21(14-22)17(3)7-6-8-18(20)21/h7,15-16,18,22H,6,8-14H2,1-5H3. The van der Waals surface area contributed by atoms with E-state index in [1.54, 1.807) is 0 Å². The Labute approximate surface area is 147 Å². The monoisotopic (exact) mass is 336 g/mol. The third-order valence-electron chi connectivity index (χ3n) is 7.50. The normalized spacial score (nSPS) is 37.3. The number of fused-ring (bicyclic) bond motifs is 1. The van der Waals surface area contributed by atoms with Gasteiger partial charge in [0.05, 0.1) is 13.7 Å². The summed E-state index contributed by atoms with van der Waals surface area (Å²) in [5.41, 5.74) is 1.63. The molecule has 3 nitrogen and oxygen atoms in total. The van der Waals surface area contributed by atoms with E-state index < -0.39 is 0 Å². The van der Waals surface area contributed by atoms with Crippen molar-refractivity contribution in [3.05, 3.63) is 11.6 Å². The number of aliphatic hydroxyl groups is 1. The number of rotatable bonds is 6. The van der Waals surface area contributed by atoms with Crippen LogP contribution in [0.25, 0.3) is 0 Å². The Bertz CT molecular complexity index is 483. The summed E-state index contributed by atoms with van der Waals surface area (Å²) in [6.45, 7) is 9.48. The molecule has 1 saturated carbocycles. The maximum atomic E-state index is 11.5. The first-order valence-corrected chi connectivity index (χ1v) is 9.65. The van der Waals surface area contributed by atoms with Crippen LogP contribution in [0, 0.1) is 28.6 Å². The fraction of sp³-hybridized carbons (Fsp3) is 0.857. The van der Waals surface area contributed by atoms with Gasteiger partial charge in [-0.1, -0.05) is 32.4 Å². The van der Waals surface area contributed by atoms with Gasteiger partial charge >= 0.3 is 5.97 Å². The topological polar surface area (TPSA) is 46.5 Å². The van der Waals surface area contributed by atoms with Gasteiger partial charge in [-0.2, -0.15) is 0 Å². The number of carbonyl (C=O) groups is 1. The quantitative estimate of drug-likeness (QED) is 0.563. The minimum atomic E-state index is -0.106. The number of allylic oxidation sites excluding steroid dienone is 1. The smallest absolute Gasteiger partial charge is 0.305 e. The van der Waals surface area contributed by atoms with Crippen LogP contribution in [0.5, 0.6) is 0 Å². The van der Waals surface area contributed by atoms with Gasteiger partial charge in [0.2, 0.25) is 0 Å². The molecule has 0 aliphatic heterocycles. The molecule has 0 saturated heterocycles. The Morgan fingerprint density at radius 1 is 1.46 bits per heavy atom. The van der Waals surface area contributed by atoms with Crippen molar-refractivity contribution in [1.29, 1.82) is 0 Å². The van der Waals surface area contributed by atoms with Crippen molar-refractivity contribution >= 4 is 5.97 Å². The van der Waals surface area contributed by atoms with Crippen molar-refractivity contribution in [1.82, 2.24) is 0 Å². The Morgan fingerprint density at radius 2 is 2.17 bits per heavy atom. The highest BCUT2D eigenvalue weighted by Crippen LogP contribution is 2.61. The molecule has 5 atom stereocenters. The molecule has 0 bridgehead atoms. The molecular formula is C21H36O3. The lowest BCUT2D eigenvalue weighted by Gasteiger charge is -2.58. The molecule has 5 unspecified atom stereocenters. The summed E-state index contributed by atoms with van der Waals surface area (Å²) in [6, 6.07) is 0. The second kappa shape index (κ2) is 7.59. The molecule has 24 heavy (non-hydrogen) atoms. The van der Waals surface area contributed by atoms with E-state index in [4.69, 9.17) is 4.74 Å². The van der Waals surface area contributed by atoms with Gasteiger partial charge in [0.1, 0.15) is 0 Å². The number of carbonyl (C=O) groups excluding carboxylic acids is 1.